The van der Waals surface area contributed by atoms with E-state index in [-0.39, 0.29) is 18.0 Å². The maximum absolute atomic E-state index is 12.3. The highest BCUT2D eigenvalue weighted by Crippen LogP contribution is 2.14. The molecule has 3 N–H and O–H groups in total. The largest absolute Gasteiger partial charge is 0.384 e. The molecule has 0 saturated carbocycles. The lowest BCUT2D eigenvalue weighted by molar-refractivity contribution is 0.350. The summed E-state index contributed by atoms with van der Waals surface area (Å²) in [7, 11) is -3.67. The average molecular weight is 306 g/mol. The van der Waals surface area contributed by atoms with E-state index in [1.54, 1.807) is 18.2 Å². The number of sulfonamides is 1. The molecule has 21 heavy (non-hydrogen) atoms. The van der Waals surface area contributed by atoms with Crippen LogP contribution in [0.4, 0.5) is 0 Å². The van der Waals surface area contributed by atoms with Crippen LogP contribution in [0.3, 0.4) is 0 Å². The van der Waals surface area contributed by atoms with E-state index in [0.29, 0.717) is 17.8 Å². The maximum Gasteiger partial charge on any atom is 0.241 e. The Balaban J connectivity index is 2.12. The first kappa shape index (κ1) is 15.2. The van der Waals surface area contributed by atoms with Gasteiger partial charge in [0, 0.05) is 18.5 Å². The van der Waals surface area contributed by atoms with Crippen molar-refractivity contribution in [1.82, 2.24) is 19.9 Å². The van der Waals surface area contributed by atoms with E-state index in [1.807, 2.05) is 0 Å². The lowest BCUT2D eigenvalue weighted by atomic mass is 10.2. The summed E-state index contributed by atoms with van der Waals surface area (Å²) in [6.45, 7) is -0.132. The van der Waals surface area contributed by atoms with Crippen LogP contribution < -0.4 is 4.72 Å². The number of aromatic amines is 1. The first-order valence-electron chi connectivity index (χ1n) is 6.16. The summed E-state index contributed by atoms with van der Waals surface area (Å²) in [5.74, 6) is 5.67. The van der Waals surface area contributed by atoms with Crippen LogP contribution in [0.5, 0.6) is 0 Å². The van der Waals surface area contributed by atoms with Gasteiger partial charge in [-0.1, -0.05) is 24.0 Å². The van der Waals surface area contributed by atoms with Crippen LogP contribution in [0.1, 0.15) is 11.4 Å². The zero-order valence-electron chi connectivity index (χ0n) is 11.1. The zero-order chi connectivity index (χ0) is 15.1. The van der Waals surface area contributed by atoms with Crippen molar-refractivity contribution >= 4 is 10.0 Å². The first-order valence-corrected chi connectivity index (χ1v) is 7.64. The Bertz CT molecular complexity index is 745. The summed E-state index contributed by atoms with van der Waals surface area (Å²) in [4.78, 5) is 4.00. The number of aliphatic hydroxyl groups excluding tert-OH is 1. The molecular weight excluding hydrogens is 292 g/mol. The van der Waals surface area contributed by atoms with E-state index < -0.39 is 10.0 Å². The molecule has 0 aliphatic rings. The highest BCUT2D eigenvalue weighted by Gasteiger charge is 2.16. The minimum Gasteiger partial charge on any atom is -0.384 e. The lowest BCUT2D eigenvalue weighted by Gasteiger charge is -2.07. The van der Waals surface area contributed by atoms with Gasteiger partial charge in [-0.05, 0) is 12.1 Å². The molecule has 2 rings (SSSR count). The first-order chi connectivity index (χ1) is 10.1. The van der Waals surface area contributed by atoms with E-state index in [4.69, 9.17) is 5.11 Å². The molecule has 1 aromatic heterocycles. The molecule has 0 fully saturated rings. The Labute approximate surface area is 122 Å². The quantitative estimate of drug-likeness (QED) is 0.656. The average Bonchev–Trinajstić information content (AvgIpc) is 2.98. The fraction of sp³-hybridized carbons (Fsp3) is 0.231. The molecule has 0 saturated heterocycles. The van der Waals surface area contributed by atoms with Gasteiger partial charge < -0.3 is 5.11 Å². The molecule has 2 aromatic rings. The van der Waals surface area contributed by atoms with Gasteiger partial charge >= 0.3 is 0 Å². The number of hydrogen-bond acceptors (Lipinski definition) is 5. The Hall–Kier alpha value is -2.21. The Morgan fingerprint density at radius 1 is 1.33 bits per heavy atom. The van der Waals surface area contributed by atoms with Crippen molar-refractivity contribution in [3.05, 3.63) is 42.0 Å². The summed E-state index contributed by atoms with van der Waals surface area (Å²) in [6.07, 6.45) is 1.77. The van der Waals surface area contributed by atoms with Crippen LogP contribution in [-0.2, 0) is 16.4 Å². The number of nitrogens with one attached hydrogen (secondary N) is 2. The molecule has 0 aliphatic heterocycles. The number of hydrogen-bond donors (Lipinski definition) is 3. The Kier molecular flexibility index (Phi) is 5.05. The minimum absolute atomic E-state index is 0.0866. The normalized spacial score (nSPS) is 10.9. The van der Waals surface area contributed by atoms with Gasteiger partial charge in [-0.2, -0.15) is 5.10 Å². The molecule has 0 aliphatic carbocycles. The molecule has 8 heteroatoms. The molecule has 0 bridgehead atoms. The fourth-order valence-corrected chi connectivity index (χ4v) is 2.86. The molecule has 0 unspecified atom stereocenters. The molecule has 0 radical (unpaired) electrons. The molecule has 7 nitrogen and oxygen atoms in total. The summed E-state index contributed by atoms with van der Waals surface area (Å²) < 4.78 is 27.0. The number of aromatic nitrogens is 3. The third-order valence-corrected chi connectivity index (χ3v) is 4.12. The summed E-state index contributed by atoms with van der Waals surface area (Å²) in [5.41, 5.74) is 0.346. The van der Waals surface area contributed by atoms with Crippen molar-refractivity contribution in [1.29, 1.82) is 0 Å². The lowest BCUT2D eigenvalue weighted by Crippen LogP contribution is -2.27. The number of benzene rings is 1. The smallest absolute Gasteiger partial charge is 0.241 e. The van der Waals surface area contributed by atoms with E-state index in [2.05, 4.69) is 31.7 Å². The predicted molar refractivity (Wildman–Crippen MR) is 75.7 cm³/mol. The number of aliphatic hydroxyl groups is 1. The SMILES string of the molecule is O=S(=O)(NCCc1ncn[nH]1)c1ccccc1C#CCO. The van der Waals surface area contributed by atoms with Gasteiger partial charge in [0.1, 0.15) is 18.8 Å². The number of nitrogens with zero attached hydrogens (tertiary/aromatic N) is 2. The molecular formula is C13H14N4O3S. The summed E-state index contributed by atoms with van der Waals surface area (Å²) in [6, 6.07) is 6.37. The maximum atomic E-state index is 12.3. The molecule has 0 spiro atoms. The van der Waals surface area contributed by atoms with E-state index in [1.165, 1.54) is 12.4 Å². The van der Waals surface area contributed by atoms with Gasteiger partial charge in [-0.3, -0.25) is 5.10 Å². The van der Waals surface area contributed by atoms with Crippen molar-refractivity contribution < 1.29 is 13.5 Å². The summed E-state index contributed by atoms with van der Waals surface area (Å²) in [5, 5.41) is 15.1. The standard InChI is InChI=1S/C13H14N4O3S/c18-9-3-5-11-4-1-2-6-12(11)21(19,20)16-8-7-13-14-10-15-17-13/h1-2,4,6,10,16,18H,7-9H2,(H,14,15,17). The van der Waals surface area contributed by atoms with Gasteiger partial charge in [0.05, 0.1) is 4.90 Å². The van der Waals surface area contributed by atoms with Crippen molar-refractivity contribution in [2.24, 2.45) is 0 Å². The van der Waals surface area contributed by atoms with Crippen LogP contribution in [0, 0.1) is 11.8 Å². The van der Waals surface area contributed by atoms with Crippen LogP contribution >= 0.6 is 0 Å². The van der Waals surface area contributed by atoms with Crippen molar-refractivity contribution in [3.8, 4) is 11.8 Å². The molecule has 110 valence electrons. The van der Waals surface area contributed by atoms with Gasteiger partial charge in [-0.25, -0.2) is 18.1 Å². The van der Waals surface area contributed by atoms with Crippen molar-refractivity contribution in [2.45, 2.75) is 11.3 Å². The van der Waals surface area contributed by atoms with Gasteiger partial charge in [0.2, 0.25) is 10.0 Å². The Morgan fingerprint density at radius 2 is 2.14 bits per heavy atom. The summed E-state index contributed by atoms with van der Waals surface area (Å²) >= 11 is 0. The zero-order valence-corrected chi connectivity index (χ0v) is 11.9. The van der Waals surface area contributed by atoms with Gasteiger partial charge in [0.15, 0.2) is 0 Å². The molecule has 1 aromatic carbocycles. The third kappa shape index (κ3) is 4.13. The van der Waals surface area contributed by atoms with Crippen molar-refractivity contribution in [3.63, 3.8) is 0 Å². The van der Waals surface area contributed by atoms with E-state index in [0.717, 1.165) is 0 Å². The van der Waals surface area contributed by atoms with Crippen LogP contribution in [0.25, 0.3) is 0 Å². The predicted octanol–water partition coefficient (Wildman–Crippen LogP) is -0.331. The van der Waals surface area contributed by atoms with Crippen LogP contribution in [0.2, 0.25) is 0 Å². The van der Waals surface area contributed by atoms with Crippen LogP contribution in [-0.4, -0.2) is 41.9 Å². The second kappa shape index (κ2) is 6.99. The molecule has 0 atom stereocenters. The second-order valence-corrected chi connectivity index (χ2v) is 5.77. The second-order valence-electron chi connectivity index (χ2n) is 4.04. The van der Waals surface area contributed by atoms with Crippen LogP contribution in [0.15, 0.2) is 35.5 Å². The number of rotatable bonds is 5. The van der Waals surface area contributed by atoms with Gasteiger partial charge in [-0.15, -0.1) is 0 Å². The number of H-pyrrole nitrogens is 1. The van der Waals surface area contributed by atoms with Crippen molar-refractivity contribution in [2.75, 3.05) is 13.2 Å². The molecule has 0 amide bonds. The highest BCUT2D eigenvalue weighted by molar-refractivity contribution is 7.89. The van der Waals surface area contributed by atoms with Gasteiger partial charge in [0.25, 0.3) is 0 Å². The minimum atomic E-state index is -3.67. The molecule has 1 heterocycles. The highest BCUT2D eigenvalue weighted by atomic mass is 32.2. The van der Waals surface area contributed by atoms with E-state index in [9.17, 15) is 8.42 Å². The fourth-order valence-electron chi connectivity index (χ4n) is 1.67. The van der Waals surface area contributed by atoms with E-state index >= 15 is 0 Å². The third-order valence-electron chi connectivity index (χ3n) is 2.60. The monoisotopic (exact) mass is 306 g/mol. The topological polar surface area (TPSA) is 108 Å². The Morgan fingerprint density at radius 3 is 2.86 bits per heavy atom.